The van der Waals surface area contributed by atoms with Gasteiger partial charge in [-0.3, -0.25) is 4.79 Å². The zero-order chi connectivity index (χ0) is 40.1. The summed E-state index contributed by atoms with van der Waals surface area (Å²) in [6, 6.07) is -0.711. The van der Waals surface area contributed by atoms with Crippen molar-refractivity contribution in [1.82, 2.24) is 5.32 Å². The molecule has 0 bridgehead atoms. The van der Waals surface area contributed by atoms with Crippen LogP contribution in [-0.2, 0) is 4.79 Å². The van der Waals surface area contributed by atoms with Gasteiger partial charge in [0.25, 0.3) is 0 Å². The van der Waals surface area contributed by atoms with Crippen molar-refractivity contribution in [2.75, 3.05) is 6.61 Å². The highest BCUT2D eigenvalue weighted by Gasteiger charge is 2.23. The van der Waals surface area contributed by atoms with Crippen molar-refractivity contribution in [3.05, 3.63) is 24.3 Å². The maximum absolute atomic E-state index is 12.5. The molecule has 0 saturated heterocycles. The van der Waals surface area contributed by atoms with Gasteiger partial charge >= 0.3 is 0 Å². The number of carbonyl (C=O) groups is 1. The van der Waals surface area contributed by atoms with Crippen LogP contribution in [-0.4, -0.2) is 46.1 Å². The molecule has 0 aliphatic heterocycles. The fraction of sp³-hybridized carbons (Fsp3) is 0.900. The van der Waals surface area contributed by atoms with Gasteiger partial charge in [0.2, 0.25) is 5.91 Å². The van der Waals surface area contributed by atoms with Gasteiger partial charge in [0.15, 0.2) is 0 Å². The Morgan fingerprint density at radius 1 is 0.436 bits per heavy atom. The minimum Gasteiger partial charge on any atom is -0.394 e. The summed E-state index contributed by atoms with van der Waals surface area (Å²) in [6.07, 6.45) is 56.2. The second-order valence-electron chi connectivity index (χ2n) is 17.0. The van der Waals surface area contributed by atoms with Crippen molar-refractivity contribution in [2.24, 2.45) is 0 Å². The third-order valence-corrected chi connectivity index (χ3v) is 11.6. The number of hydrogen-bond acceptors (Lipinski definition) is 4. The molecule has 0 aromatic rings. The van der Waals surface area contributed by atoms with Crippen LogP contribution in [0, 0.1) is 0 Å². The fourth-order valence-electron chi connectivity index (χ4n) is 7.69. The van der Waals surface area contributed by atoms with Gasteiger partial charge in [0, 0.05) is 0 Å². The smallest absolute Gasteiger partial charge is 0.249 e. The number of nitrogens with one attached hydrogen (secondary N) is 1. The average molecular weight is 776 g/mol. The van der Waals surface area contributed by atoms with Crippen LogP contribution < -0.4 is 5.32 Å². The standard InChI is InChI=1S/C50H97NO4/c1-3-5-7-9-11-13-15-17-19-20-21-22-23-24-25-26-27-28-29-31-33-35-37-39-41-43-45-49(54)50(55)51-47(46-52)48(53)44-42-40-38-36-34-32-30-18-16-14-12-10-8-6-4-2/h21-22,24-25,47-49,52-54H,3-20,23,26-46H2,1-2H3,(H,51,55)/b22-21-,25-24-. The Balaban J connectivity index is 3.57. The number of carbonyl (C=O) groups excluding carboxylic acids is 1. The molecule has 0 saturated carbocycles. The van der Waals surface area contributed by atoms with Crippen LogP contribution in [0.25, 0.3) is 0 Å². The van der Waals surface area contributed by atoms with Gasteiger partial charge in [-0.1, -0.05) is 244 Å². The van der Waals surface area contributed by atoms with Crippen LogP contribution in [0.15, 0.2) is 24.3 Å². The number of allylic oxidation sites excluding steroid dienone is 4. The molecule has 5 nitrogen and oxygen atoms in total. The zero-order valence-corrected chi connectivity index (χ0v) is 37.1. The molecule has 55 heavy (non-hydrogen) atoms. The molecule has 3 atom stereocenters. The normalized spacial score (nSPS) is 13.6. The summed E-state index contributed by atoms with van der Waals surface area (Å²) in [5, 5.41) is 33.4. The second-order valence-corrected chi connectivity index (χ2v) is 17.0. The molecule has 0 fully saturated rings. The Morgan fingerprint density at radius 2 is 0.745 bits per heavy atom. The van der Waals surface area contributed by atoms with E-state index in [1.807, 2.05) is 0 Å². The lowest BCUT2D eigenvalue weighted by Crippen LogP contribution is -2.49. The predicted octanol–water partition coefficient (Wildman–Crippen LogP) is 14.6. The molecule has 0 aromatic carbocycles. The van der Waals surface area contributed by atoms with Crippen LogP contribution >= 0.6 is 0 Å². The highest BCUT2D eigenvalue weighted by atomic mass is 16.3. The maximum Gasteiger partial charge on any atom is 0.249 e. The summed E-state index contributed by atoms with van der Waals surface area (Å²) in [6.45, 7) is 4.24. The summed E-state index contributed by atoms with van der Waals surface area (Å²) < 4.78 is 0. The summed E-state index contributed by atoms with van der Waals surface area (Å²) in [7, 11) is 0. The van der Waals surface area contributed by atoms with Gasteiger partial charge in [0.05, 0.1) is 18.8 Å². The van der Waals surface area contributed by atoms with Crippen molar-refractivity contribution in [2.45, 2.75) is 283 Å². The third-order valence-electron chi connectivity index (χ3n) is 11.6. The summed E-state index contributed by atoms with van der Waals surface area (Å²) in [4.78, 5) is 12.5. The molecule has 326 valence electrons. The Morgan fingerprint density at radius 3 is 1.09 bits per heavy atom. The Kier molecular flexibility index (Phi) is 44.6. The first-order valence-electron chi connectivity index (χ1n) is 24.6. The molecule has 0 rings (SSSR count). The van der Waals surface area contributed by atoms with E-state index < -0.39 is 24.2 Å². The van der Waals surface area contributed by atoms with Gasteiger partial charge in [-0.25, -0.2) is 0 Å². The molecular weight excluding hydrogens is 679 g/mol. The topological polar surface area (TPSA) is 89.8 Å². The van der Waals surface area contributed by atoms with E-state index in [2.05, 4.69) is 43.5 Å². The first-order valence-corrected chi connectivity index (χ1v) is 24.6. The molecule has 5 heteroatoms. The lowest BCUT2D eigenvalue weighted by atomic mass is 10.0. The summed E-state index contributed by atoms with van der Waals surface area (Å²) in [5.74, 6) is -0.471. The van der Waals surface area contributed by atoms with Crippen molar-refractivity contribution >= 4 is 5.91 Å². The van der Waals surface area contributed by atoms with Gasteiger partial charge in [-0.2, -0.15) is 0 Å². The van der Waals surface area contributed by atoms with Crippen molar-refractivity contribution in [1.29, 1.82) is 0 Å². The van der Waals surface area contributed by atoms with Crippen LogP contribution in [0.1, 0.15) is 264 Å². The Hall–Kier alpha value is -1.17. The van der Waals surface area contributed by atoms with E-state index in [0.717, 1.165) is 38.5 Å². The number of aliphatic hydroxyl groups excluding tert-OH is 3. The van der Waals surface area contributed by atoms with E-state index in [0.29, 0.717) is 12.8 Å². The molecule has 4 N–H and O–H groups in total. The Bertz CT molecular complexity index is 814. The number of hydrogen-bond donors (Lipinski definition) is 4. The molecule has 0 radical (unpaired) electrons. The lowest BCUT2D eigenvalue weighted by molar-refractivity contribution is -0.131. The molecule has 0 heterocycles. The van der Waals surface area contributed by atoms with Crippen LogP contribution in [0.4, 0.5) is 0 Å². The first kappa shape index (κ1) is 53.8. The van der Waals surface area contributed by atoms with E-state index in [1.54, 1.807) is 0 Å². The fourth-order valence-corrected chi connectivity index (χ4v) is 7.69. The highest BCUT2D eigenvalue weighted by molar-refractivity contribution is 5.80. The third kappa shape index (κ3) is 40.8. The molecule has 0 aliphatic carbocycles. The number of rotatable bonds is 45. The van der Waals surface area contributed by atoms with E-state index in [4.69, 9.17) is 0 Å². The van der Waals surface area contributed by atoms with Gasteiger partial charge in [0.1, 0.15) is 6.10 Å². The summed E-state index contributed by atoms with van der Waals surface area (Å²) >= 11 is 0. The van der Waals surface area contributed by atoms with Crippen molar-refractivity contribution in [3.63, 3.8) is 0 Å². The van der Waals surface area contributed by atoms with E-state index in [-0.39, 0.29) is 6.61 Å². The zero-order valence-electron chi connectivity index (χ0n) is 37.1. The number of amides is 1. The molecular formula is C50H97NO4. The average Bonchev–Trinajstić information content (AvgIpc) is 3.19. The van der Waals surface area contributed by atoms with E-state index in [1.165, 1.54) is 199 Å². The van der Waals surface area contributed by atoms with Crippen LogP contribution in [0.3, 0.4) is 0 Å². The van der Waals surface area contributed by atoms with Crippen molar-refractivity contribution in [3.8, 4) is 0 Å². The molecule has 1 amide bonds. The Labute approximate surface area is 343 Å². The minimum atomic E-state index is -1.08. The second kappa shape index (κ2) is 45.5. The van der Waals surface area contributed by atoms with Gasteiger partial charge < -0.3 is 20.6 Å². The van der Waals surface area contributed by atoms with Gasteiger partial charge in [-0.05, 0) is 44.9 Å². The highest BCUT2D eigenvalue weighted by Crippen LogP contribution is 2.16. The van der Waals surface area contributed by atoms with E-state index in [9.17, 15) is 20.1 Å². The maximum atomic E-state index is 12.5. The van der Waals surface area contributed by atoms with Crippen molar-refractivity contribution < 1.29 is 20.1 Å². The van der Waals surface area contributed by atoms with Gasteiger partial charge in [-0.15, -0.1) is 0 Å². The predicted molar refractivity (Wildman–Crippen MR) is 241 cm³/mol. The van der Waals surface area contributed by atoms with E-state index >= 15 is 0 Å². The number of aliphatic hydroxyl groups is 3. The number of unbranched alkanes of at least 4 members (excludes halogenated alkanes) is 33. The van der Waals surface area contributed by atoms with Crippen LogP contribution in [0.2, 0.25) is 0 Å². The molecule has 0 aliphatic rings. The minimum absolute atomic E-state index is 0.313. The lowest BCUT2D eigenvalue weighted by Gasteiger charge is -2.23. The monoisotopic (exact) mass is 776 g/mol. The first-order chi connectivity index (χ1) is 27.1. The summed E-state index contributed by atoms with van der Waals surface area (Å²) in [5.41, 5.74) is 0. The molecule has 3 unspecified atom stereocenters. The largest absolute Gasteiger partial charge is 0.394 e. The quantitative estimate of drug-likeness (QED) is 0.0366. The SMILES string of the molecule is CCCCCCCCCCC/C=C\C/C=C\CCCCCCCCCCCCC(O)C(=O)NC(CO)C(O)CCCCCCCCCCCCCCCCC. The molecule has 0 spiro atoms. The van der Waals surface area contributed by atoms with Crippen LogP contribution in [0.5, 0.6) is 0 Å². The molecule has 0 aromatic heterocycles.